The summed E-state index contributed by atoms with van der Waals surface area (Å²) < 4.78 is 23.4. The maximum Gasteiger partial charge on any atom is 0.263 e. The zero-order chi connectivity index (χ0) is 19.7. The number of rotatable bonds is 4. The van der Waals surface area contributed by atoms with E-state index in [1.807, 2.05) is 30.3 Å². The Hall–Kier alpha value is -2.44. The average molecular weight is 412 g/mol. The first-order valence-electron chi connectivity index (χ1n) is 9.16. The van der Waals surface area contributed by atoms with Gasteiger partial charge in [-0.1, -0.05) is 54.6 Å². The molecule has 4 rings (SSSR count). The molecule has 2 aromatic carbocycles. The van der Waals surface area contributed by atoms with Crippen LogP contribution in [0.2, 0.25) is 0 Å². The third-order valence-electron chi connectivity index (χ3n) is 5.17. The van der Waals surface area contributed by atoms with Crippen molar-refractivity contribution in [3.63, 3.8) is 0 Å². The Bertz CT molecular complexity index is 1090. The molecular formula is C22H21NO3S2. The first-order valence-corrected chi connectivity index (χ1v) is 11.8. The van der Waals surface area contributed by atoms with Crippen molar-refractivity contribution in [3.8, 4) is 21.6 Å². The van der Waals surface area contributed by atoms with Gasteiger partial charge in [0.05, 0.1) is 16.4 Å². The van der Waals surface area contributed by atoms with Gasteiger partial charge in [-0.2, -0.15) is 0 Å². The second kappa shape index (κ2) is 7.53. The number of nitrogens with zero attached hydrogens (tertiary/aromatic N) is 1. The number of sulfone groups is 1. The Morgan fingerprint density at radius 2 is 1.57 bits per heavy atom. The molecule has 1 fully saturated rings. The van der Waals surface area contributed by atoms with Crippen LogP contribution in [0.1, 0.15) is 16.1 Å². The molecule has 3 aromatic rings. The van der Waals surface area contributed by atoms with E-state index in [0.29, 0.717) is 11.3 Å². The summed E-state index contributed by atoms with van der Waals surface area (Å²) in [5, 5.41) is 0. The van der Waals surface area contributed by atoms with E-state index < -0.39 is 9.84 Å². The zero-order valence-corrected chi connectivity index (χ0v) is 17.2. The molecular weight excluding hydrogens is 390 g/mol. The van der Waals surface area contributed by atoms with Crippen molar-refractivity contribution in [2.24, 2.45) is 0 Å². The van der Waals surface area contributed by atoms with E-state index in [9.17, 15) is 13.2 Å². The number of thiophene rings is 1. The Kier molecular flexibility index (Phi) is 5.08. The van der Waals surface area contributed by atoms with Crippen molar-refractivity contribution in [2.75, 3.05) is 18.6 Å². The van der Waals surface area contributed by atoms with Gasteiger partial charge in [-0.05, 0) is 35.2 Å². The quantitative estimate of drug-likeness (QED) is 0.642. The average Bonchev–Trinajstić information content (AvgIpc) is 3.34. The first kappa shape index (κ1) is 18.9. The van der Waals surface area contributed by atoms with E-state index >= 15 is 0 Å². The SMILES string of the molecule is CN(C(=O)c1ccc(-c2ccc(-c3ccccc3)cc2)s1)C1CCS(=O)(=O)C1. The summed E-state index contributed by atoms with van der Waals surface area (Å²) in [4.78, 5) is 16.0. The van der Waals surface area contributed by atoms with Crippen LogP contribution in [0.5, 0.6) is 0 Å². The molecule has 0 N–H and O–H groups in total. The molecule has 144 valence electrons. The molecule has 1 saturated heterocycles. The van der Waals surface area contributed by atoms with E-state index in [0.717, 1.165) is 16.0 Å². The first-order chi connectivity index (χ1) is 13.4. The second-order valence-electron chi connectivity index (χ2n) is 7.08. The maximum absolute atomic E-state index is 12.8. The topological polar surface area (TPSA) is 54.5 Å². The maximum atomic E-state index is 12.8. The van der Waals surface area contributed by atoms with Crippen molar-refractivity contribution in [1.82, 2.24) is 4.90 Å². The Morgan fingerprint density at radius 3 is 2.21 bits per heavy atom. The minimum atomic E-state index is -3.01. The molecule has 28 heavy (non-hydrogen) atoms. The summed E-state index contributed by atoms with van der Waals surface area (Å²) >= 11 is 1.44. The number of hydrogen-bond acceptors (Lipinski definition) is 4. The van der Waals surface area contributed by atoms with Gasteiger partial charge in [-0.15, -0.1) is 11.3 Å². The molecule has 0 bridgehead atoms. The smallest absolute Gasteiger partial charge is 0.263 e. The molecule has 2 heterocycles. The largest absolute Gasteiger partial charge is 0.337 e. The highest BCUT2D eigenvalue weighted by Gasteiger charge is 2.33. The van der Waals surface area contributed by atoms with Gasteiger partial charge in [-0.3, -0.25) is 4.79 Å². The van der Waals surface area contributed by atoms with E-state index in [1.54, 1.807) is 11.9 Å². The van der Waals surface area contributed by atoms with Crippen LogP contribution >= 0.6 is 11.3 Å². The predicted molar refractivity (Wildman–Crippen MR) is 114 cm³/mol. The van der Waals surface area contributed by atoms with Crippen molar-refractivity contribution < 1.29 is 13.2 Å². The highest BCUT2D eigenvalue weighted by Crippen LogP contribution is 2.31. The van der Waals surface area contributed by atoms with Crippen LogP contribution in [0.25, 0.3) is 21.6 Å². The molecule has 1 aromatic heterocycles. The van der Waals surface area contributed by atoms with Gasteiger partial charge < -0.3 is 4.90 Å². The predicted octanol–water partition coefficient (Wildman–Crippen LogP) is 4.34. The standard InChI is InChI=1S/C22H21NO3S2/c1-23(19-13-14-28(25,26)15-19)22(24)21-12-11-20(27-21)18-9-7-17(8-10-18)16-5-3-2-4-6-16/h2-12,19H,13-15H2,1H3. The van der Waals surface area contributed by atoms with Crippen molar-refractivity contribution in [2.45, 2.75) is 12.5 Å². The molecule has 0 spiro atoms. The number of amides is 1. The molecule has 1 aliphatic rings. The van der Waals surface area contributed by atoms with Crippen molar-refractivity contribution >= 4 is 27.1 Å². The van der Waals surface area contributed by atoms with Gasteiger partial charge in [0, 0.05) is 18.0 Å². The lowest BCUT2D eigenvalue weighted by Crippen LogP contribution is -2.37. The van der Waals surface area contributed by atoms with E-state index in [4.69, 9.17) is 0 Å². The summed E-state index contributed by atoms with van der Waals surface area (Å²) in [6.07, 6.45) is 0.518. The van der Waals surface area contributed by atoms with Gasteiger partial charge in [0.2, 0.25) is 0 Å². The fourth-order valence-electron chi connectivity index (χ4n) is 3.49. The molecule has 1 atom stereocenters. The van der Waals surface area contributed by atoms with Gasteiger partial charge >= 0.3 is 0 Å². The number of carbonyl (C=O) groups excluding carboxylic acids is 1. The monoisotopic (exact) mass is 411 g/mol. The minimum Gasteiger partial charge on any atom is -0.337 e. The fraction of sp³-hybridized carbons (Fsp3) is 0.227. The van der Waals surface area contributed by atoms with Gasteiger partial charge in [0.1, 0.15) is 0 Å². The highest BCUT2D eigenvalue weighted by molar-refractivity contribution is 7.91. The van der Waals surface area contributed by atoms with Crippen LogP contribution < -0.4 is 0 Å². The number of benzene rings is 2. The normalized spacial score (nSPS) is 18.1. The summed E-state index contributed by atoms with van der Waals surface area (Å²) in [5.41, 5.74) is 3.39. The Balaban J connectivity index is 1.50. The third-order valence-corrected chi connectivity index (χ3v) is 8.04. The molecule has 0 saturated carbocycles. The molecule has 0 radical (unpaired) electrons. The number of hydrogen-bond donors (Lipinski definition) is 0. The fourth-order valence-corrected chi connectivity index (χ4v) is 6.25. The lowest BCUT2D eigenvalue weighted by molar-refractivity contribution is 0.0752. The summed E-state index contributed by atoms with van der Waals surface area (Å²) in [6.45, 7) is 0. The van der Waals surface area contributed by atoms with Crippen LogP contribution in [-0.4, -0.2) is 43.8 Å². The lowest BCUT2D eigenvalue weighted by atomic mass is 10.0. The van der Waals surface area contributed by atoms with Crippen LogP contribution in [0, 0.1) is 0 Å². The summed E-state index contributed by atoms with van der Waals surface area (Å²) in [7, 11) is -1.32. The van der Waals surface area contributed by atoms with Crippen molar-refractivity contribution in [3.05, 3.63) is 71.6 Å². The van der Waals surface area contributed by atoms with E-state index in [1.165, 1.54) is 16.9 Å². The summed E-state index contributed by atoms with van der Waals surface area (Å²) in [6, 6.07) is 22.1. The van der Waals surface area contributed by atoms with Gasteiger partial charge in [0.25, 0.3) is 5.91 Å². The molecule has 4 nitrogen and oxygen atoms in total. The molecule has 1 amide bonds. The van der Waals surface area contributed by atoms with Gasteiger partial charge in [-0.25, -0.2) is 8.42 Å². The van der Waals surface area contributed by atoms with Crippen LogP contribution in [-0.2, 0) is 9.84 Å². The minimum absolute atomic E-state index is 0.0639. The highest BCUT2D eigenvalue weighted by atomic mass is 32.2. The van der Waals surface area contributed by atoms with Crippen molar-refractivity contribution in [1.29, 1.82) is 0 Å². The molecule has 0 aliphatic carbocycles. The Labute approximate surface area is 169 Å². The van der Waals surface area contributed by atoms with Gasteiger partial charge in [0.15, 0.2) is 9.84 Å². The van der Waals surface area contributed by atoms with Crippen LogP contribution in [0.3, 0.4) is 0 Å². The molecule has 1 unspecified atom stereocenters. The van der Waals surface area contributed by atoms with E-state index in [2.05, 4.69) is 36.4 Å². The van der Waals surface area contributed by atoms with Crippen LogP contribution in [0.4, 0.5) is 0 Å². The Morgan fingerprint density at radius 1 is 0.929 bits per heavy atom. The third kappa shape index (κ3) is 3.88. The van der Waals surface area contributed by atoms with E-state index in [-0.39, 0.29) is 23.5 Å². The summed E-state index contributed by atoms with van der Waals surface area (Å²) in [5.74, 6) is 0.118. The zero-order valence-electron chi connectivity index (χ0n) is 15.5. The molecule has 1 aliphatic heterocycles. The van der Waals surface area contributed by atoms with Crippen LogP contribution in [0.15, 0.2) is 66.7 Å². The number of carbonyl (C=O) groups is 1. The second-order valence-corrected chi connectivity index (χ2v) is 10.4. The molecule has 6 heteroatoms. The lowest BCUT2D eigenvalue weighted by Gasteiger charge is -2.22.